The molecule has 1 amide bonds. The number of hydrogen-bond acceptors (Lipinski definition) is 4. The first-order valence-electron chi connectivity index (χ1n) is 6.85. The van der Waals surface area contributed by atoms with Crippen molar-refractivity contribution in [2.24, 2.45) is 0 Å². The van der Waals surface area contributed by atoms with Gasteiger partial charge in [0, 0.05) is 31.5 Å². The van der Waals surface area contributed by atoms with E-state index in [0.717, 1.165) is 24.9 Å². The summed E-state index contributed by atoms with van der Waals surface area (Å²) in [5.41, 5.74) is 1.13. The summed E-state index contributed by atoms with van der Waals surface area (Å²) in [5, 5.41) is 3.24. The number of rotatable bonds is 4. The van der Waals surface area contributed by atoms with Crippen LogP contribution in [0.2, 0.25) is 0 Å². The third-order valence-corrected chi connectivity index (χ3v) is 3.59. The van der Waals surface area contributed by atoms with Gasteiger partial charge in [-0.25, -0.2) is 0 Å². The Morgan fingerprint density at radius 3 is 2.84 bits per heavy atom. The van der Waals surface area contributed by atoms with Crippen LogP contribution in [0.3, 0.4) is 0 Å². The highest BCUT2D eigenvalue weighted by Crippen LogP contribution is 2.29. The van der Waals surface area contributed by atoms with Gasteiger partial charge in [0.25, 0.3) is 0 Å². The lowest BCUT2D eigenvalue weighted by atomic mass is 10.2. The normalized spacial score (nSPS) is 23.1. The summed E-state index contributed by atoms with van der Waals surface area (Å²) in [7, 11) is 0. The van der Waals surface area contributed by atoms with Gasteiger partial charge in [0.05, 0.1) is 13.2 Å². The van der Waals surface area contributed by atoms with Gasteiger partial charge in [0.15, 0.2) is 0 Å². The fourth-order valence-corrected chi connectivity index (χ4v) is 2.38. The van der Waals surface area contributed by atoms with Crippen molar-refractivity contribution in [1.82, 2.24) is 15.2 Å². The molecule has 1 aromatic heterocycles. The van der Waals surface area contributed by atoms with Crippen LogP contribution in [0.25, 0.3) is 0 Å². The molecule has 1 saturated heterocycles. The van der Waals surface area contributed by atoms with E-state index in [4.69, 9.17) is 4.74 Å². The topological polar surface area (TPSA) is 54.5 Å². The maximum Gasteiger partial charge on any atom is 0.242 e. The Hall–Kier alpha value is -1.46. The summed E-state index contributed by atoms with van der Waals surface area (Å²) in [6.45, 7) is 2.60. The third-order valence-electron chi connectivity index (χ3n) is 3.59. The summed E-state index contributed by atoms with van der Waals surface area (Å²) < 4.78 is 5.38. The molecule has 2 fully saturated rings. The van der Waals surface area contributed by atoms with Gasteiger partial charge >= 0.3 is 0 Å². The Morgan fingerprint density at radius 1 is 1.42 bits per heavy atom. The van der Waals surface area contributed by atoms with Crippen LogP contribution in [0.5, 0.6) is 0 Å². The highest BCUT2D eigenvalue weighted by Gasteiger charge is 2.36. The van der Waals surface area contributed by atoms with Gasteiger partial charge in [-0.2, -0.15) is 0 Å². The number of pyridine rings is 1. The number of nitrogens with one attached hydrogen (secondary N) is 1. The Bertz CT molecular complexity index is 428. The zero-order chi connectivity index (χ0) is 13.1. The van der Waals surface area contributed by atoms with E-state index in [1.807, 2.05) is 17.0 Å². The lowest BCUT2D eigenvalue weighted by Crippen LogP contribution is -2.52. The summed E-state index contributed by atoms with van der Waals surface area (Å²) in [6.07, 6.45) is 5.77. The van der Waals surface area contributed by atoms with Gasteiger partial charge in [-0.15, -0.1) is 0 Å². The molecule has 1 saturated carbocycles. The SMILES string of the molecule is O=C(C1COCCN1)N(Cc1ccncc1)C1CC1. The fraction of sp³-hybridized carbons (Fsp3) is 0.571. The van der Waals surface area contributed by atoms with Crippen LogP contribution >= 0.6 is 0 Å². The molecular formula is C14H19N3O2. The van der Waals surface area contributed by atoms with Crippen molar-refractivity contribution in [2.45, 2.75) is 31.5 Å². The number of hydrogen-bond donors (Lipinski definition) is 1. The predicted octanol–water partition coefficient (Wildman–Crippen LogP) is 0.561. The predicted molar refractivity (Wildman–Crippen MR) is 70.4 cm³/mol. The van der Waals surface area contributed by atoms with Gasteiger partial charge in [-0.1, -0.05) is 0 Å². The zero-order valence-corrected chi connectivity index (χ0v) is 10.9. The number of nitrogens with zero attached hydrogens (tertiary/aromatic N) is 2. The van der Waals surface area contributed by atoms with E-state index in [-0.39, 0.29) is 11.9 Å². The van der Waals surface area contributed by atoms with Gasteiger partial charge in [0.1, 0.15) is 6.04 Å². The average molecular weight is 261 g/mol. The molecule has 3 rings (SSSR count). The van der Waals surface area contributed by atoms with E-state index < -0.39 is 0 Å². The maximum absolute atomic E-state index is 12.6. The summed E-state index contributed by atoms with van der Waals surface area (Å²) in [4.78, 5) is 18.6. The molecule has 1 aliphatic carbocycles. The van der Waals surface area contributed by atoms with Crippen molar-refractivity contribution >= 4 is 5.91 Å². The molecule has 1 aliphatic heterocycles. The summed E-state index contributed by atoms with van der Waals surface area (Å²) in [5.74, 6) is 0.166. The largest absolute Gasteiger partial charge is 0.378 e. The first kappa shape index (κ1) is 12.6. The standard InChI is InChI=1S/C14H19N3O2/c18-14(13-10-19-8-7-16-13)17(12-1-2-12)9-11-3-5-15-6-4-11/h3-6,12-13,16H,1-2,7-10H2. The van der Waals surface area contributed by atoms with Crippen molar-refractivity contribution in [2.75, 3.05) is 19.8 Å². The van der Waals surface area contributed by atoms with Crippen molar-refractivity contribution < 1.29 is 9.53 Å². The van der Waals surface area contributed by atoms with E-state index >= 15 is 0 Å². The van der Waals surface area contributed by atoms with Crippen LogP contribution < -0.4 is 5.32 Å². The number of aromatic nitrogens is 1. The minimum Gasteiger partial charge on any atom is -0.378 e. The van der Waals surface area contributed by atoms with Crippen molar-refractivity contribution in [1.29, 1.82) is 0 Å². The molecule has 5 heteroatoms. The van der Waals surface area contributed by atoms with Crippen molar-refractivity contribution in [3.8, 4) is 0 Å². The second kappa shape index (κ2) is 5.67. The zero-order valence-electron chi connectivity index (χ0n) is 10.9. The van der Waals surface area contributed by atoms with Gasteiger partial charge in [-0.3, -0.25) is 9.78 Å². The monoisotopic (exact) mass is 261 g/mol. The molecule has 0 bridgehead atoms. The quantitative estimate of drug-likeness (QED) is 0.860. The van der Waals surface area contributed by atoms with Crippen LogP contribution in [0, 0.1) is 0 Å². The minimum atomic E-state index is -0.184. The molecule has 0 aromatic carbocycles. The van der Waals surface area contributed by atoms with Gasteiger partial charge in [-0.05, 0) is 30.5 Å². The molecule has 1 atom stereocenters. The van der Waals surface area contributed by atoms with Crippen LogP contribution in [0.15, 0.2) is 24.5 Å². The smallest absolute Gasteiger partial charge is 0.242 e. The third kappa shape index (κ3) is 3.11. The lowest BCUT2D eigenvalue weighted by molar-refractivity contribution is -0.137. The number of morpholine rings is 1. The molecule has 2 aliphatic rings. The van der Waals surface area contributed by atoms with Gasteiger partial charge in [0.2, 0.25) is 5.91 Å². The molecule has 2 heterocycles. The van der Waals surface area contributed by atoms with E-state index in [1.165, 1.54) is 0 Å². The van der Waals surface area contributed by atoms with Crippen LogP contribution in [0.1, 0.15) is 18.4 Å². The summed E-state index contributed by atoms with van der Waals surface area (Å²) >= 11 is 0. The minimum absolute atomic E-state index is 0.166. The second-order valence-corrected chi connectivity index (χ2v) is 5.13. The van der Waals surface area contributed by atoms with Gasteiger partial charge < -0.3 is 15.0 Å². The molecule has 0 radical (unpaired) electrons. The highest BCUT2D eigenvalue weighted by atomic mass is 16.5. The molecule has 19 heavy (non-hydrogen) atoms. The molecule has 0 spiro atoms. The van der Waals surface area contributed by atoms with Crippen molar-refractivity contribution in [3.63, 3.8) is 0 Å². The van der Waals surface area contributed by atoms with E-state index in [9.17, 15) is 4.79 Å². The van der Waals surface area contributed by atoms with E-state index in [1.54, 1.807) is 12.4 Å². The van der Waals surface area contributed by atoms with E-state index in [2.05, 4.69) is 10.3 Å². The average Bonchev–Trinajstić information content (AvgIpc) is 3.31. The number of amides is 1. The Balaban J connectivity index is 1.68. The van der Waals surface area contributed by atoms with E-state index in [0.29, 0.717) is 25.8 Å². The fourth-order valence-electron chi connectivity index (χ4n) is 2.38. The molecule has 5 nitrogen and oxygen atoms in total. The first-order chi connectivity index (χ1) is 9.34. The van der Waals surface area contributed by atoms with Crippen LogP contribution in [-0.2, 0) is 16.1 Å². The molecular weight excluding hydrogens is 242 g/mol. The molecule has 1 aromatic rings. The first-order valence-corrected chi connectivity index (χ1v) is 6.85. The second-order valence-electron chi connectivity index (χ2n) is 5.13. The Kier molecular flexibility index (Phi) is 3.75. The maximum atomic E-state index is 12.6. The molecule has 1 unspecified atom stereocenters. The lowest BCUT2D eigenvalue weighted by Gasteiger charge is -2.30. The summed E-state index contributed by atoms with van der Waals surface area (Å²) in [6, 6.07) is 4.15. The number of carbonyl (C=O) groups is 1. The number of carbonyl (C=O) groups excluding carboxylic acids is 1. The molecule has 1 N–H and O–H groups in total. The number of ether oxygens (including phenoxy) is 1. The van der Waals surface area contributed by atoms with Crippen LogP contribution in [-0.4, -0.2) is 47.6 Å². The van der Waals surface area contributed by atoms with Crippen LogP contribution in [0.4, 0.5) is 0 Å². The Labute approximate surface area is 113 Å². The highest BCUT2D eigenvalue weighted by molar-refractivity contribution is 5.82. The Morgan fingerprint density at radius 2 is 2.21 bits per heavy atom. The molecule has 102 valence electrons. The van der Waals surface area contributed by atoms with Crippen molar-refractivity contribution in [3.05, 3.63) is 30.1 Å².